The van der Waals surface area contributed by atoms with Gasteiger partial charge >= 0.3 is 0 Å². The Morgan fingerprint density at radius 3 is 2.12 bits per heavy atom. The monoisotopic (exact) mass is 413 g/mol. The van der Waals surface area contributed by atoms with E-state index in [1.54, 1.807) is 36.4 Å². The second-order valence-electron chi connectivity index (χ2n) is 5.66. The van der Waals surface area contributed by atoms with E-state index in [0.717, 1.165) is 15.6 Å². The summed E-state index contributed by atoms with van der Waals surface area (Å²) >= 11 is 3.28. The predicted octanol–water partition coefficient (Wildman–Crippen LogP) is 4.46. The standard InChI is InChI=1S/C19H12BrNO3S/c20-12-8-10-13(11-9-12)25(23,24)21-17-7-3-6-15-14-4-1-2-5-16(14)19(22)18(15)17/h1-11,21H. The molecular formula is C19H12BrNO3S. The van der Waals surface area contributed by atoms with Gasteiger partial charge in [0.15, 0.2) is 5.78 Å². The summed E-state index contributed by atoms with van der Waals surface area (Å²) in [4.78, 5) is 12.9. The first-order valence-corrected chi connectivity index (χ1v) is 9.80. The first-order chi connectivity index (χ1) is 12.0. The first kappa shape index (κ1) is 16.1. The van der Waals surface area contributed by atoms with Crippen molar-refractivity contribution in [3.63, 3.8) is 0 Å². The topological polar surface area (TPSA) is 63.2 Å². The average Bonchev–Trinajstić information content (AvgIpc) is 2.89. The fourth-order valence-electron chi connectivity index (χ4n) is 2.97. The highest BCUT2D eigenvalue weighted by Crippen LogP contribution is 2.40. The van der Waals surface area contributed by atoms with Gasteiger partial charge in [-0.25, -0.2) is 8.42 Å². The Morgan fingerprint density at radius 2 is 1.40 bits per heavy atom. The molecule has 3 aromatic carbocycles. The Balaban J connectivity index is 1.79. The van der Waals surface area contributed by atoms with Crippen molar-refractivity contribution in [2.75, 3.05) is 4.72 Å². The molecule has 0 saturated carbocycles. The first-order valence-electron chi connectivity index (χ1n) is 7.53. The van der Waals surface area contributed by atoms with Crippen LogP contribution in [-0.2, 0) is 10.0 Å². The summed E-state index contributed by atoms with van der Waals surface area (Å²) < 4.78 is 28.7. The van der Waals surface area contributed by atoms with Crippen LogP contribution in [0.5, 0.6) is 0 Å². The van der Waals surface area contributed by atoms with Crippen molar-refractivity contribution in [3.8, 4) is 11.1 Å². The average molecular weight is 414 g/mol. The van der Waals surface area contributed by atoms with Gasteiger partial charge in [-0.05, 0) is 41.5 Å². The van der Waals surface area contributed by atoms with Gasteiger partial charge in [0.25, 0.3) is 10.0 Å². The summed E-state index contributed by atoms with van der Waals surface area (Å²) in [5.74, 6) is -0.167. The summed E-state index contributed by atoms with van der Waals surface area (Å²) in [6, 6.07) is 18.8. The lowest BCUT2D eigenvalue weighted by molar-refractivity contribution is 0.104. The predicted molar refractivity (Wildman–Crippen MR) is 100 cm³/mol. The Bertz CT molecular complexity index is 1110. The van der Waals surface area contributed by atoms with Crippen LogP contribution in [-0.4, -0.2) is 14.2 Å². The molecular weight excluding hydrogens is 402 g/mol. The van der Waals surface area contributed by atoms with Crippen LogP contribution in [0.4, 0.5) is 5.69 Å². The van der Waals surface area contributed by atoms with E-state index in [1.807, 2.05) is 18.2 Å². The number of nitrogens with one attached hydrogen (secondary N) is 1. The van der Waals surface area contributed by atoms with Crippen molar-refractivity contribution >= 4 is 37.4 Å². The van der Waals surface area contributed by atoms with Crippen LogP contribution in [0.25, 0.3) is 11.1 Å². The van der Waals surface area contributed by atoms with Crippen LogP contribution in [0, 0.1) is 0 Å². The molecule has 25 heavy (non-hydrogen) atoms. The molecule has 0 atom stereocenters. The molecule has 4 rings (SSSR count). The molecule has 0 heterocycles. The SMILES string of the molecule is O=C1c2ccccc2-c2cccc(NS(=O)(=O)c3ccc(Br)cc3)c21. The van der Waals surface area contributed by atoms with Gasteiger partial charge in [-0.3, -0.25) is 9.52 Å². The zero-order chi connectivity index (χ0) is 17.6. The van der Waals surface area contributed by atoms with Crippen LogP contribution in [0.15, 0.2) is 76.1 Å². The molecule has 0 radical (unpaired) electrons. The number of benzene rings is 3. The number of carbonyl (C=O) groups excluding carboxylic acids is 1. The molecule has 3 aromatic rings. The number of anilines is 1. The number of hydrogen-bond acceptors (Lipinski definition) is 3. The summed E-state index contributed by atoms with van der Waals surface area (Å²) in [6.07, 6.45) is 0. The van der Waals surface area contributed by atoms with Crippen molar-refractivity contribution in [3.05, 3.63) is 82.3 Å². The number of carbonyl (C=O) groups is 1. The highest BCUT2D eigenvalue weighted by Gasteiger charge is 2.30. The number of ketones is 1. The number of rotatable bonds is 3. The Morgan fingerprint density at radius 1 is 0.760 bits per heavy atom. The molecule has 0 spiro atoms. The van der Waals surface area contributed by atoms with E-state index in [0.29, 0.717) is 16.8 Å². The molecule has 0 aromatic heterocycles. The molecule has 1 aliphatic rings. The number of hydrogen-bond donors (Lipinski definition) is 1. The Hall–Kier alpha value is -2.44. The summed E-state index contributed by atoms with van der Waals surface area (Å²) in [5, 5.41) is 0. The highest BCUT2D eigenvalue weighted by molar-refractivity contribution is 9.10. The van der Waals surface area contributed by atoms with Crippen molar-refractivity contribution < 1.29 is 13.2 Å². The van der Waals surface area contributed by atoms with Crippen LogP contribution >= 0.6 is 15.9 Å². The number of sulfonamides is 1. The van der Waals surface area contributed by atoms with E-state index in [9.17, 15) is 13.2 Å². The molecule has 0 saturated heterocycles. The fourth-order valence-corrected chi connectivity index (χ4v) is 4.31. The lowest BCUT2D eigenvalue weighted by Gasteiger charge is -2.11. The van der Waals surface area contributed by atoms with Gasteiger partial charge in [0, 0.05) is 10.0 Å². The van der Waals surface area contributed by atoms with Gasteiger partial charge in [0.2, 0.25) is 0 Å². The Labute approximate surface area is 153 Å². The fraction of sp³-hybridized carbons (Fsp3) is 0. The molecule has 0 aliphatic heterocycles. The second kappa shape index (κ2) is 5.82. The summed E-state index contributed by atoms with van der Waals surface area (Å²) in [7, 11) is -3.79. The highest BCUT2D eigenvalue weighted by atomic mass is 79.9. The maximum absolute atomic E-state index is 12.7. The Kier molecular flexibility index (Phi) is 3.74. The zero-order valence-electron chi connectivity index (χ0n) is 12.9. The molecule has 0 amide bonds. The van der Waals surface area contributed by atoms with Gasteiger partial charge in [-0.15, -0.1) is 0 Å². The summed E-state index contributed by atoms with van der Waals surface area (Å²) in [5.41, 5.74) is 2.85. The van der Waals surface area contributed by atoms with E-state index < -0.39 is 10.0 Å². The second-order valence-corrected chi connectivity index (χ2v) is 8.26. The van der Waals surface area contributed by atoms with Crippen LogP contribution < -0.4 is 4.72 Å². The molecule has 6 heteroatoms. The van der Waals surface area contributed by atoms with Gasteiger partial charge in [-0.1, -0.05) is 52.3 Å². The third kappa shape index (κ3) is 2.67. The quantitative estimate of drug-likeness (QED) is 0.539. The smallest absolute Gasteiger partial charge is 0.261 e. The van der Waals surface area contributed by atoms with Crippen LogP contribution in [0.2, 0.25) is 0 Å². The lowest BCUT2D eigenvalue weighted by atomic mass is 10.1. The number of halogens is 1. The van der Waals surface area contributed by atoms with Crippen molar-refractivity contribution in [2.24, 2.45) is 0 Å². The number of fused-ring (bicyclic) bond motifs is 3. The van der Waals surface area contributed by atoms with Crippen molar-refractivity contribution in [1.29, 1.82) is 0 Å². The van der Waals surface area contributed by atoms with Crippen LogP contribution in [0.3, 0.4) is 0 Å². The molecule has 0 fully saturated rings. The third-order valence-corrected chi connectivity index (χ3v) is 6.03. The molecule has 4 nitrogen and oxygen atoms in total. The van der Waals surface area contributed by atoms with Gasteiger partial charge in [0.1, 0.15) is 0 Å². The molecule has 0 unspecified atom stereocenters. The van der Waals surface area contributed by atoms with Crippen molar-refractivity contribution in [1.82, 2.24) is 0 Å². The van der Waals surface area contributed by atoms with Gasteiger partial charge < -0.3 is 0 Å². The van der Waals surface area contributed by atoms with Gasteiger partial charge in [0.05, 0.1) is 16.1 Å². The minimum atomic E-state index is -3.79. The molecule has 1 aliphatic carbocycles. The zero-order valence-corrected chi connectivity index (χ0v) is 15.3. The molecule has 1 N–H and O–H groups in total. The largest absolute Gasteiger partial charge is 0.288 e. The van der Waals surface area contributed by atoms with E-state index in [2.05, 4.69) is 20.7 Å². The minimum Gasteiger partial charge on any atom is -0.288 e. The van der Waals surface area contributed by atoms with E-state index in [-0.39, 0.29) is 10.7 Å². The summed E-state index contributed by atoms with van der Waals surface area (Å²) in [6.45, 7) is 0. The molecule has 0 bridgehead atoms. The van der Waals surface area contributed by atoms with Gasteiger partial charge in [-0.2, -0.15) is 0 Å². The van der Waals surface area contributed by atoms with E-state index >= 15 is 0 Å². The maximum atomic E-state index is 12.7. The minimum absolute atomic E-state index is 0.135. The van der Waals surface area contributed by atoms with Crippen LogP contribution in [0.1, 0.15) is 15.9 Å². The lowest BCUT2D eigenvalue weighted by Crippen LogP contribution is -2.15. The van der Waals surface area contributed by atoms with E-state index in [1.165, 1.54) is 12.1 Å². The molecule has 124 valence electrons. The van der Waals surface area contributed by atoms with E-state index in [4.69, 9.17) is 0 Å². The van der Waals surface area contributed by atoms with Crippen molar-refractivity contribution in [2.45, 2.75) is 4.90 Å². The normalized spacial score (nSPS) is 12.6. The third-order valence-electron chi connectivity index (χ3n) is 4.12. The maximum Gasteiger partial charge on any atom is 0.261 e.